The lowest BCUT2D eigenvalue weighted by atomic mass is 10.2. The van der Waals surface area contributed by atoms with E-state index in [0.717, 1.165) is 10.9 Å². The van der Waals surface area contributed by atoms with Crippen LogP contribution in [0.5, 0.6) is 5.75 Å². The average molecular weight is 289 g/mol. The number of carbonyl (C=O) groups is 2. The first kappa shape index (κ1) is 15.1. The lowest BCUT2D eigenvalue weighted by molar-refractivity contribution is -0.137. The Kier molecular flexibility index (Phi) is 4.31. The van der Waals surface area contributed by atoms with Crippen LogP contribution in [0.4, 0.5) is 0 Å². The van der Waals surface area contributed by atoms with Gasteiger partial charge in [0, 0.05) is 11.4 Å². The molecule has 0 fully saturated rings. The van der Waals surface area contributed by atoms with Crippen LogP contribution in [0.25, 0.3) is 10.9 Å². The third kappa shape index (κ3) is 2.63. The maximum atomic E-state index is 12.3. The molecule has 0 saturated carbocycles. The van der Waals surface area contributed by atoms with Crippen LogP contribution in [0.15, 0.2) is 24.3 Å². The highest BCUT2D eigenvalue weighted by atomic mass is 16.5. The molecule has 5 nitrogen and oxygen atoms in total. The van der Waals surface area contributed by atoms with E-state index in [1.807, 2.05) is 36.6 Å². The molecule has 1 heterocycles. The molecule has 2 aromatic rings. The average Bonchev–Trinajstić information content (AvgIpc) is 2.85. The molecule has 0 bridgehead atoms. The van der Waals surface area contributed by atoms with E-state index in [0.29, 0.717) is 11.4 Å². The first-order valence-electron chi connectivity index (χ1n) is 6.90. The van der Waals surface area contributed by atoms with Crippen LogP contribution in [0.2, 0.25) is 0 Å². The molecule has 0 saturated heterocycles. The highest BCUT2D eigenvalue weighted by molar-refractivity contribution is 6.40. The number of nitrogens with zero attached hydrogens (tertiary/aromatic N) is 1. The number of para-hydroxylation sites is 1. The maximum absolute atomic E-state index is 12.3. The second-order valence-electron chi connectivity index (χ2n) is 4.94. The first-order chi connectivity index (χ1) is 10.0. The van der Waals surface area contributed by atoms with Crippen molar-refractivity contribution in [2.75, 3.05) is 13.7 Å². The third-order valence-electron chi connectivity index (χ3n) is 3.25. The minimum Gasteiger partial charge on any atom is -0.495 e. The molecule has 2 rings (SSSR count). The molecular weight excluding hydrogens is 270 g/mol. The molecular formula is C16H19NO4. The molecule has 112 valence electrons. The van der Waals surface area contributed by atoms with Crippen molar-refractivity contribution in [3.63, 3.8) is 0 Å². The first-order valence-corrected chi connectivity index (χ1v) is 6.90. The summed E-state index contributed by atoms with van der Waals surface area (Å²) in [5, 5.41) is 0.857. The summed E-state index contributed by atoms with van der Waals surface area (Å²) >= 11 is 0. The predicted octanol–water partition coefficient (Wildman–Crippen LogP) is 2.98. The topological polar surface area (TPSA) is 57.5 Å². The Bertz CT molecular complexity index is 685. The van der Waals surface area contributed by atoms with Gasteiger partial charge in [-0.25, -0.2) is 4.79 Å². The molecule has 0 aliphatic carbocycles. The lowest BCUT2D eigenvalue weighted by Gasteiger charge is -2.15. The Morgan fingerprint density at radius 1 is 1.29 bits per heavy atom. The van der Waals surface area contributed by atoms with Gasteiger partial charge in [-0.3, -0.25) is 4.79 Å². The number of benzene rings is 1. The fourth-order valence-corrected chi connectivity index (χ4v) is 2.43. The number of ketones is 1. The van der Waals surface area contributed by atoms with Crippen molar-refractivity contribution in [1.29, 1.82) is 0 Å². The van der Waals surface area contributed by atoms with Crippen LogP contribution in [-0.4, -0.2) is 30.0 Å². The van der Waals surface area contributed by atoms with Crippen molar-refractivity contribution in [2.45, 2.75) is 26.8 Å². The fraction of sp³-hybridized carbons (Fsp3) is 0.375. The van der Waals surface area contributed by atoms with Gasteiger partial charge in [-0.2, -0.15) is 0 Å². The molecule has 0 radical (unpaired) electrons. The van der Waals surface area contributed by atoms with Crippen molar-refractivity contribution in [1.82, 2.24) is 4.57 Å². The highest BCUT2D eigenvalue weighted by Crippen LogP contribution is 2.31. The molecule has 5 heteroatoms. The van der Waals surface area contributed by atoms with Gasteiger partial charge in [-0.05, 0) is 32.9 Å². The molecule has 0 atom stereocenters. The van der Waals surface area contributed by atoms with Crippen molar-refractivity contribution < 1.29 is 19.1 Å². The summed E-state index contributed by atoms with van der Waals surface area (Å²) in [6, 6.07) is 7.28. The summed E-state index contributed by atoms with van der Waals surface area (Å²) in [6.45, 7) is 5.75. The van der Waals surface area contributed by atoms with Crippen molar-refractivity contribution in [2.24, 2.45) is 0 Å². The van der Waals surface area contributed by atoms with Gasteiger partial charge >= 0.3 is 5.97 Å². The van der Waals surface area contributed by atoms with Crippen LogP contribution in [0.1, 0.15) is 37.3 Å². The summed E-state index contributed by atoms with van der Waals surface area (Å²) in [5.41, 5.74) is 1.13. The SMILES string of the molecule is CCOC(=O)C(=O)c1cc2cccc(OC)c2n1C(C)C. The molecule has 21 heavy (non-hydrogen) atoms. The Labute approximate surface area is 123 Å². The number of hydrogen-bond donors (Lipinski definition) is 0. The van der Waals surface area contributed by atoms with E-state index >= 15 is 0 Å². The number of fused-ring (bicyclic) bond motifs is 1. The van der Waals surface area contributed by atoms with Gasteiger partial charge in [-0.1, -0.05) is 12.1 Å². The van der Waals surface area contributed by atoms with E-state index in [1.54, 1.807) is 20.1 Å². The molecule has 0 amide bonds. The standard InChI is InChI=1S/C16H19NO4/c1-5-21-16(19)15(18)12-9-11-7-6-8-13(20-4)14(11)17(12)10(2)3/h6-10H,5H2,1-4H3. The number of hydrogen-bond acceptors (Lipinski definition) is 4. The Morgan fingerprint density at radius 2 is 2.00 bits per heavy atom. The summed E-state index contributed by atoms with van der Waals surface area (Å²) in [6.07, 6.45) is 0. The largest absolute Gasteiger partial charge is 0.495 e. The van der Waals surface area contributed by atoms with Gasteiger partial charge in [0.05, 0.1) is 24.9 Å². The molecule has 1 aromatic heterocycles. The number of carbonyl (C=O) groups excluding carboxylic acids is 2. The summed E-state index contributed by atoms with van der Waals surface area (Å²) in [5.74, 6) is -0.797. The van der Waals surface area contributed by atoms with Gasteiger partial charge in [0.25, 0.3) is 5.78 Å². The summed E-state index contributed by atoms with van der Waals surface area (Å²) in [4.78, 5) is 24.0. The minimum absolute atomic E-state index is 0.00664. The zero-order valence-corrected chi connectivity index (χ0v) is 12.7. The summed E-state index contributed by atoms with van der Waals surface area (Å²) in [7, 11) is 1.58. The normalized spacial score (nSPS) is 10.9. The van der Waals surface area contributed by atoms with Gasteiger partial charge in [-0.15, -0.1) is 0 Å². The van der Waals surface area contributed by atoms with Crippen LogP contribution in [-0.2, 0) is 9.53 Å². The zero-order chi connectivity index (χ0) is 15.6. The smallest absolute Gasteiger partial charge is 0.381 e. The molecule has 1 aromatic carbocycles. The van der Waals surface area contributed by atoms with E-state index in [9.17, 15) is 9.59 Å². The Balaban J connectivity index is 2.67. The van der Waals surface area contributed by atoms with Crippen LogP contribution in [0.3, 0.4) is 0 Å². The molecule has 0 aliphatic rings. The molecule has 0 unspecified atom stereocenters. The lowest BCUT2D eigenvalue weighted by Crippen LogP contribution is -2.21. The number of methoxy groups -OCH3 is 1. The van der Waals surface area contributed by atoms with Crippen LogP contribution < -0.4 is 4.74 Å². The third-order valence-corrected chi connectivity index (χ3v) is 3.25. The molecule has 0 N–H and O–H groups in total. The van der Waals surface area contributed by atoms with E-state index in [1.165, 1.54) is 0 Å². The quantitative estimate of drug-likeness (QED) is 0.482. The van der Waals surface area contributed by atoms with Gasteiger partial charge < -0.3 is 14.0 Å². The molecule has 0 spiro atoms. The minimum atomic E-state index is -0.832. The number of esters is 1. The monoisotopic (exact) mass is 289 g/mol. The van der Waals surface area contributed by atoms with Crippen molar-refractivity contribution in [3.8, 4) is 5.75 Å². The Hall–Kier alpha value is -2.30. The maximum Gasteiger partial charge on any atom is 0.381 e. The van der Waals surface area contributed by atoms with Crippen LogP contribution >= 0.6 is 0 Å². The predicted molar refractivity (Wildman–Crippen MR) is 79.8 cm³/mol. The van der Waals surface area contributed by atoms with Gasteiger partial charge in [0.1, 0.15) is 5.75 Å². The van der Waals surface area contributed by atoms with Crippen LogP contribution in [0, 0.1) is 0 Å². The Morgan fingerprint density at radius 3 is 2.57 bits per heavy atom. The second kappa shape index (κ2) is 5.99. The number of ether oxygens (including phenoxy) is 2. The van der Waals surface area contributed by atoms with E-state index in [2.05, 4.69) is 0 Å². The van der Waals surface area contributed by atoms with E-state index < -0.39 is 11.8 Å². The molecule has 0 aliphatic heterocycles. The summed E-state index contributed by atoms with van der Waals surface area (Å²) < 4.78 is 12.0. The van der Waals surface area contributed by atoms with Gasteiger partial charge in [0.15, 0.2) is 0 Å². The second-order valence-corrected chi connectivity index (χ2v) is 4.94. The van der Waals surface area contributed by atoms with Crippen molar-refractivity contribution in [3.05, 3.63) is 30.0 Å². The van der Waals surface area contributed by atoms with Gasteiger partial charge in [0.2, 0.25) is 0 Å². The number of aromatic nitrogens is 1. The van der Waals surface area contributed by atoms with Crippen molar-refractivity contribution >= 4 is 22.7 Å². The number of rotatable bonds is 5. The highest BCUT2D eigenvalue weighted by Gasteiger charge is 2.25. The zero-order valence-electron chi connectivity index (χ0n) is 12.7. The van der Waals surface area contributed by atoms with E-state index in [-0.39, 0.29) is 12.6 Å². The van der Waals surface area contributed by atoms with E-state index in [4.69, 9.17) is 9.47 Å². The number of Topliss-reactive ketones (excluding diaryl/α,β-unsaturated/α-hetero) is 1. The fourth-order valence-electron chi connectivity index (χ4n) is 2.43.